The van der Waals surface area contributed by atoms with E-state index in [1.165, 1.54) is 0 Å². The Labute approximate surface area is 58.6 Å². The Morgan fingerprint density at radius 2 is 2.00 bits per heavy atom. The number of aliphatic hydroxyl groups excluding tert-OH is 1. The fourth-order valence-electron chi connectivity index (χ4n) is 0.617. The summed E-state index contributed by atoms with van der Waals surface area (Å²) in [5.41, 5.74) is -0.226. The lowest BCUT2D eigenvalue weighted by molar-refractivity contribution is 0.222. The second-order valence-electron chi connectivity index (χ2n) is 2.60. The zero-order valence-corrected chi connectivity index (χ0v) is 6.13. The average Bonchev–Trinajstić information content (AvgIpc) is 2.10. The SMILES string of the molecule is C[C@@]1(CO)CC1(Cl)Cl. The van der Waals surface area contributed by atoms with Crippen molar-refractivity contribution in [2.45, 2.75) is 17.7 Å². The van der Waals surface area contributed by atoms with Gasteiger partial charge < -0.3 is 5.11 Å². The summed E-state index contributed by atoms with van der Waals surface area (Å²) >= 11 is 11.3. The molecule has 0 saturated heterocycles. The maximum Gasteiger partial charge on any atom is 0.126 e. The molecule has 1 rings (SSSR count). The zero-order chi connectivity index (χ0) is 6.41. The third-order valence-corrected chi connectivity index (χ3v) is 2.90. The van der Waals surface area contributed by atoms with Crippen LogP contribution in [0.5, 0.6) is 0 Å². The monoisotopic (exact) mass is 154 g/mol. The first-order chi connectivity index (χ1) is 3.52. The molecule has 0 unspecified atom stereocenters. The van der Waals surface area contributed by atoms with Crippen LogP contribution in [-0.4, -0.2) is 16.0 Å². The van der Waals surface area contributed by atoms with Crippen LogP contribution in [-0.2, 0) is 0 Å². The highest BCUT2D eigenvalue weighted by Crippen LogP contribution is 2.63. The first kappa shape index (κ1) is 6.66. The average molecular weight is 155 g/mol. The van der Waals surface area contributed by atoms with Gasteiger partial charge in [-0.2, -0.15) is 0 Å². The molecule has 0 aliphatic heterocycles. The van der Waals surface area contributed by atoms with E-state index < -0.39 is 4.33 Å². The minimum absolute atomic E-state index is 0.0833. The van der Waals surface area contributed by atoms with Crippen LogP contribution in [0.4, 0.5) is 0 Å². The third kappa shape index (κ3) is 0.734. The summed E-state index contributed by atoms with van der Waals surface area (Å²) in [4.78, 5) is 0. The van der Waals surface area contributed by atoms with E-state index in [1.807, 2.05) is 6.92 Å². The Balaban J connectivity index is 2.55. The highest BCUT2D eigenvalue weighted by molar-refractivity contribution is 6.51. The van der Waals surface area contributed by atoms with E-state index in [0.717, 1.165) is 0 Å². The maximum absolute atomic E-state index is 8.63. The predicted octanol–water partition coefficient (Wildman–Crippen LogP) is 1.56. The first-order valence-electron chi connectivity index (χ1n) is 2.50. The molecule has 1 N–H and O–H groups in total. The number of hydrogen-bond acceptors (Lipinski definition) is 1. The lowest BCUT2D eigenvalue weighted by Gasteiger charge is -2.04. The molecule has 48 valence electrons. The van der Waals surface area contributed by atoms with Crippen LogP contribution >= 0.6 is 23.2 Å². The predicted molar refractivity (Wildman–Crippen MR) is 34.2 cm³/mol. The molecule has 0 aromatic rings. The van der Waals surface area contributed by atoms with E-state index in [1.54, 1.807) is 0 Å². The van der Waals surface area contributed by atoms with Gasteiger partial charge in [0.25, 0.3) is 0 Å². The Hall–Kier alpha value is 0.540. The van der Waals surface area contributed by atoms with E-state index in [9.17, 15) is 0 Å². The smallest absolute Gasteiger partial charge is 0.126 e. The second kappa shape index (κ2) is 1.53. The van der Waals surface area contributed by atoms with Crippen LogP contribution in [0.15, 0.2) is 0 Å². The molecule has 1 fully saturated rings. The fourth-order valence-corrected chi connectivity index (χ4v) is 1.33. The minimum Gasteiger partial charge on any atom is -0.396 e. The normalized spacial score (nSPS) is 42.0. The molecular formula is C5H8Cl2O. The van der Waals surface area contributed by atoms with Gasteiger partial charge in [-0.3, -0.25) is 0 Å². The molecule has 0 amide bonds. The minimum atomic E-state index is -0.651. The van der Waals surface area contributed by atoms with Crippen molar-refractivity contribution in [3.8, 4) is 0 Å². The summed E-state index contributed by atoms with van der Waals surface area (Å²) in [5, 5.41) is 8.63. The van der Waals surface area contributed by atoms with Crippen molar-refractivity contribution in [1.29, 1.82) is 0 Å². The summed E-state index contributed by atoms with van der Waals surface area (Å²) in [6.07, 6.45) is 0.708. The van der Waals surface area contributed by atoms with Crippen molar-refractivity contribution in [2.75, 3.05) is 6.61 Å². The summed E-state index contributed by atoms with van der Waals surface area (Å²) in [7, 11) is 0. The number of rotatable bonds is 1. The van der Waals surface area contributed by atoms with Crippen molar-refractivity contribution >= 4 is 23.2 Å². The largest absolute Gasteiger partial charge is 0.396 e. The van der Waals surface area contributed by atoms with Crippen molar-refractivity contribution < 1.29 is 5.11 Å². The van der Waals surface area contributed by atoms with Gasteiger partial charge in [0.15, 0.2) is 0 Å². The number of aliphatic hydroxyl groups is 1. The molecular weight excluding hydrogens is 147 g/mol. The molecule has 0 heterocycles. The molecule has 0 radical (unpaired) electrons. The molecule has 0 aromatic heterocycles. The Kier molecular flexibility index (Phi) is 1.27. The molecule has 1 nitrogen and oxygen atoms in total. The van der Waals surface area contributed by atoms with Crippen molar-refractivity contribution in [2.24, 2.45) is 5.41 Å². The Morgan fingerprint density at radius 3 is 2.00 bits per heavy atom. The first-order valence-corrected chi connectivity index (χ1v) is 3.26. The van der Waals surface area contributed by atoms with Gasteiger partial charge in [0, 0.05) is 5.41 Å². The molecule has 1 atom stereocenters. The molecule has 3 heteroatoms. The van der Waals surface area contributed by atoms with Gasteiger partial charge in [0.2, 0.25) is 0 Å². The third-order valence-electron chi connectivity index (χ3n) is 1.72. The van der Waals surface area contributed by atoms with Gasteiger partial charge in [-0.1, -0.05) is 6.92 Å². The summed E-state index contributed by atoms with van der Waals surface area (Å²) in [5.74, 6) is 0. The molecule has 1 aliphatic rings. The Bertz CT molecular complexity index is 113. The van der Waals surface area contributed by atoms with E-state index >= 15 is 0 Å². The summed E-state index contributed by atoms with van der Waals surface area (Å²) < 4.78 is -0.651. The van der Waals surface area contributed by atoms with Crippen LogP contribution in [0, 0.1) is 5.41 Å². The fraction of sp³-hybridized carbons (Fsp3) is 1.00. The van der Waals surface area contributed by atoms with E-state index in [2.05, 4.69) is 0 Å². The number of hydrogen-bond donors (Lipinski definition) is 1. The van der Waals surface area contributed by atoms with E-state index in [-0.39, 0.29) is 12.0 Å². The number of alkyl halides is 2. The van der Waals surface area contributed by atoms with Crippen LogP contribution in [0.2, 0.25) is 0 Å². The van der Waals surface area contributed by atoms with Crippen LogP contribution in [0.25, 0.3) is 0 Å². The van der Waals surface area contributed by atoms with Gasteiger partial charge in [-0.15, -0.1) is 23.2 Å². The number of halogens is 2. The second-order valence-corrected chi connectivity index (χ2v) is 4.08. The van der Waals surface area contributed by atoms with E-state index in [0.29, 0.717) is 6.42 Å². The Morgan fingerprint density at radius 1 is 1.62 bits per heavy atom. The van der Waals surface area contributed by atoms with Gasteiger partial charge in [-0.05, 0) is 6.42 Å². The van der Waals surface area contributed by atoms with Crippen molar-refractivity contribution in [3.05, 3.63) is 0 Å². The van der Waals surface area contributed by atoms with Gasteiger partial charge in [-0.25, -0.2) is 0 Å². The molecule has 0 bridgehead atoms. The lowest BCUT2D eigenvalue weighted by Crippen LogP contribution is -2.08. The summed E-state index contributed by atoms with van der Waals surface area (Å²) in [6, 6.07) is 0. The lowest BCUT2D eigenvalue weighted by atomic mass is 10.2. The molecule has 8 heavy (non-hydrogen) atoms. The van der Waals surface area contributed by atoms with Gasteiger partial charge in [0.05, 0.1) is 6.61 Å². The highest BCUT2D eigenvalue weighted by Gasteiger charge is 2.62. The van der Waals surface area contributed by atoms with Crippen LogP contribution < -0.4 is 0 Å². The molecule has 1 saturated carbocycles. The summed E-state index contributed by atoms with van der Waals surface area (Å²) in [6.45, 7) is 1.95. The maximum atomic E-state index is 8.63. The van der Waals surface area contributed by atoms with Crippen molar-refractivity contribution in [1.82, 2.24) is 0 Å². The van der Waals surface area contributed by atoms with Gasteiger partial charge >= 0.3 is 0 Å². The van der Waals surface area contributed by atoms with Crippen LogP contribution in [0.3, 0.4) is 0 Å². The van der Waals surface area contributed by atoms with Crippen molar-refractivity contribution in [3.63, 3.8) is 0 Å². The topological polar surface area (TPSA) is 20.2 Å². The molecule has 0 spiro atoms. The highest BCUT2D eigenvalue weighted by atomic mass is 35.5. The molecule has 1 aliphatic carbocycles. The van der Waals surface area contributed by atoms with Gasteiger partial charge in [0.1, 0.15) is 4.33 Å². The van der Waals surface area contributed by atoms with Crippen LogP contribution in [0.1, 0.15) is 13.3 Å². The standard InChI is InChI=1S/C5H8Cl2O/c1-4(3-8)2-5(4,6)7/h8H,2-3H2,1H3/t4-/m0/s1. The van der Waals surface area contributed by atoms with E-state index in [4.69, 9.17) is 28.3 Å². The zero-order valence-electron chi connectivity index (χ0n) is 4.62. The molecule has 0 aromatic carbocycles. The quantitative estimate of drug-likeness (QED) is 0.569.